The van der Waals surface area contributed by atoms with E-state index in [4.69, 9.17) is 10.5 Å². The van der Waals surface area contributed by atoms with E-state index < -0.39 is 0 Å². The first-order valence-electron chi connectivity index (χ1n) is 6.23. The normalized spacial score (nSPS) is 11.1. The maximum atomic E-state index is 5.83. The maximum absolute atomic E-state index is 5.83. The summed E-state index contributed by atoms with van der Waals surface area (Å²) in [4.78, 5) is 3.24. The Balaban J connectivity index is 2.15. The fourth-order valence-electron chi connectivity index (χ4n) is 2.18. The number of hydrogen-bond acceptors (Lipinski definition) is 3. The van der Waals surface area contributed by atoms with Crippen LogP contribution in [0, 0.1) is 0 Å². The fraction of sp³-hybridized carbons (Fsp3) is 0.214. The molecule has 5 heteroatoms. The van der Waals surface area contributed by atoms with Crippen LogP contribution in [0.4, 0.5) is 5.82 Å². The number of rotatable bonds is 3. The van der Waals surface area contributed by atoms with Gasteiger partial charge in [0.2, 0.25) is 0 Å². The molecule has 3 aromatic rings. The average molecular weight is 256 g/mol. The molecule has 5 nitrogen and oxygen atoms in total. The number of nitrogens with one attached hydrogen (secondary N) is 1. The number of aromatic amines is 1. The van der Waals surface area contributed by atoms with Crippen molar-refractivity contribution in [2.45, 2.75) is 6.92 Å². The third-order valence-corrected chi connectivity index (χ3v) is 3.16. The number of nitrogens with zero attached hydrogens (tertiary/aromatic N) is 2. The number of hydrogen-bond donors (Lipinski definition) is 2. The molecule has 2 heterocycles. The van der Waals surface area contributed by atoms with Gasteiger partial charge in [0, 0.05) is 35.8 Å². The van der Waals surface area contributed by atoms with Gasteiger partial charge in [-0.15, -0.1) is 0 Å². The number of H-pyrrole nitrogens is 1. The summed E-state index contributed by atoms with van der Waals surface area (Å²) in [5.41, 5.74) is 8.78. The molecule has 0 aliphatic carbocycles. The quantitative estimate of drug-likeness (QED) is 0.756. The highest BCUT2D eigenvalue weighted by molar-refractivity contribution is 5.95. The molecule has 0 atom stereocenters. The first-order chi connectivity index (χ1) is 9.19. The minimum atomic E-state index is 0.644. The van der Waals surface area contributed by atoms with Crippen molar-refractivity contribution in [3.8, 4) is 17.0 Å². The van der Waals surface area contributed by atoms with Crippen LogP contribution in [0.3, 0.4) is 0 Å². The summed E-state index contributed by atoms with van der Waals surface area (Å²) >= 11 is 0. The van der Waals surface area contributed by atoms with Crippen molar-refractivity contribution in [3.05, 3.63) is 30.5 Å². The fourth-order valence-corrected chi connectivity index (χ4v) is 2.18. The Hall–Kier alpha value is -2.43. The zero-order valence-corrected chi connectivity index (χ0v) is 11.0. The van der Waals surface area contributed by atoms with Crippen molar-refractivity contribution in [1.29, 1.82) is 0 Å². The van der Waals surface area contributed by atoms with Crippen LogP contribution < -0.4 is 10.5 Å². The number of nitrogen functional groups attached to an aromatic ring is 1. The van der Waals surface area contributed by atoms with Gasteiger partial charge in [-0.1, -0.05) is 0 Å². The van der Waals surface area contributed by atoms with Gasteiger partial charge in [-0.25, -0.2) is 0 Å². The molecule has 2 aromatic heterocycles. The lowest BCUT2D eigenvalue weighted by Gasteiger charge is -2.03. The van der Waals surface area contributed by atoms with Gasteiger partial charge in [0.25, 0.3) is 0 Å². The van der Waals surface area contributed by atoms with Gasteiger partial charge < -0.3 is 15.5 Å². The molecule has 0 spiro atoms. The van der Waals surface area contributed by atoms with Crippen LogP contribution in [0.5, 0.6) is 5.75 Å². The van der Waals surface area contributed by atoms with Crippen molar-refractivity contribution < 1.29 is 4.74 Å². The second-order valence-corrected chi connectivity index (χ2v) is 4.42. The number of fused-ring (bicyclic) bond motifs is 1. The minimum absolute atomic E-state index is 0.644. The monoisotopic (exact) mass is 256 g/mol. The first-order valence-corrected chi connectivity index (χ1v) is 6.23. The van der Waals surface area contributed by atoms with Crippen molar-refractivity contribution >= 4 is 16.7 Å². The SMILES string of the molecule is CCOc1ccc2[nH]cc(-c3cc(N)n(C)n3)c2c1. The molecule has 98 valence electrons. The second kappa shape index (κ2) is 4.35. The van der Waals surface area contributed by atoms with Crippen molar-refractivity contribution in [2.75, 3.05) is 12.3 Å². The van der Waals surface area contributed by atoms with Crippen molar-refractivity contribution in [3.63, 3.8) is 0 Å². The molecule has 0 aliphatic heterocycles. The maximum Gasteiger partial charge on any atom is 0.121 e. The molecular weight excluding hydrogens is 240 g/mol. The Bertz CT molecular complexity index is 707. The van der Waals surface area contributed by atoms with E-state index in [9.17, 15) is 0 Å². The molecular formula is C14H16N4O. The van der Waals surface area contributed by atoms with Crippen LogP contribution in [0.25, 0.3) is 22.2 Å². The highest BCUT2D eigenvalue weighted by Gasteiger charge is 2.11. The van der Waals surface area contributed by atoms with Gasteiger partial charge in [-0.3, -0.25) is 4.68 Å². The largest absolute Gasteiger partial charge is 0.494 e. The Morgan fingerprint density at radius 2 is 2.21 bits per heavy atom. The van der Waals surface area contributed by atoms with Crippen LogP contribution in [0.2, 0.25) is 0 Å². The summed E-state index contributed by atoms with van der Waals surface area (Å²) in [5, 5.41) is 5.50. The molecule has 0 bridgehead atoms. The molecule has 0 fully saturated rings. The number of aryl methyl sites for hydroxylation is 1. The topological polar surface area (TPSA) is 68.9 Å². The first kappa shape index (κ1) is 11.6. The molecule has 3 N–H and O–H groups in total. The highest BCUT2D eigenvalue weighted by Crippen LogP contribution is 2.31. The lowest BCUT2D eigenvalue weighted by atomic mass is 10.1. The van der Waals surface area contributed by atoms with Crippen molar-refractivity contribution in [1.82, 2.24) is 14.8 Å². The Morgan fingerprint density at radius 1 is 1.37 bits per heavy atom. The summed E-state index contributed by atoms with van der Waals surface area (Å²) in [7, 11) is 1.83. The van der Waals surface area contributed by atoms with Gasteiger partial charge >= 0.3 is 0 Å². The predicted octanol–water partition coefficient (Wildman–Crippen LogP) is 2.55. The van der Waals surface area contributed by atoms with Crippen LogP contribution in [0.15, 0.2) is 30.5 Å². The van der Waals surface area contributed by atoms with Crippen LogP contribution in [-0.2, 0) is 7.05 Å². The van der Waals surface area contributed by atoms with E-state index in [0.717, 1.165) is 27.9 Å². The average Bonchev–Trinajstić information content (AvgIpc) is 2.94. The van der Waals surface area contributed by atoms with E-state index >= 15 is 0 Å². The number of benzene rings is 1. The summed E-state index contributed by atoms with van der Waals surface area (Å²) in [5.74, 6) is 1.50. The van der Waals surface area contributed by atoms with Gasteiger partial charge in [-0.2, -0.15) is 5.10 Å². The van der Waals surface area contributed by atoms with Crippen LogP contribution in [0.1, 0.15) is 6.92 Å². The number of anilines is 1. The lowest BCUT2D eigenvalue weighted by molar-refractivity contribution is 0.341. The zero-order chi connectivity index (χ0) is 13.4. The summed E-state index contributed by atoms with van der Waals surface area (Å²) in [6, 6.07) is 7.86. The minimum Gasteiger partial charge on any atom is -0.494 e. The molecule has 0 saturated heterocycles. The van der Waals surface area contributed by atoms with Crippen LogP contribution >= 0.6 is 0 Å². The van der Waals surface area contributed by atoms with E-state index in [1.165, 1.54) is 0 Å². The molecule has 0 saturated carbocycles. The van der Waals surface area contributed by atoms with E-state index in [2.05, 4.69) is 10.1 Å². The molecule has 0 aliphatic rings. The second-order valence-electron chi connectivity index (χ2n) is 4.42. The van der Waals surface area contributed by atoms with E-state index in [1.807, 2.05) is 44.4 Å². The molecule has 0 unspecified atom stereocenters. The smallest absolute Gasteiger partial charge is 0.121 e. The van der Waals surface area contributed by atoms with Gasteiger partial charge in [0.15, 0.2) is 0 Å². The summed E-state index contributed by atoms with van der Waals surface area (Å²) in [6.07, 6.45) is 1.95. The van der Waals surface area contributed by atoms with Gasteiger partial charge in [0.1, 0.15) is 11.6 Å². The van der Waals surface area contributed by atoms with Gasteiger partial charge in [-0.05, 0) is 25.1 Å². The molecule has 0 radical (unpaired) electrons. The molecule has 3 rings (SSSR count). The Labute approximate surface area is 111 Å². The molecule has 1 aromatic carbocycles. The molecule has 0 amide bonds. The predicted molar refractivity (Wildman–Crippen MR) is 76.1 cm³/mol. The van der Waals surface area contributed by atoms with E-state index in [0.29, 0.717) is 12.4 Å². The lowest BCUT2D eigenvalue weighted by Crippen LogP contribution is -1.96. The third-order valence-electron chi connectivity index (χ3n) is 3.16. The Kier molecular flexibility index (Phi) is 2.67. The standard InChI is InChI=1S/C14H16N4O/c1-3-19-9-4-5-12-10(6-9)11(8-16-12)13-7-14(15)18(2)17-13/h4-8,16H,3,15H2,1-2H3. The highest BCUT2D eigenvalue weighted by atomic mass is 16.5. The number of aromatic nitrogens is 3. The van der Waals surface area contributed by atoms with Gasteiger partial charge in [0.05, 0.1) is 12.3 Å². The van der Waals surface area contributed by atoms with E-state index in [-0.39, 0.29) is 0 Å². The third kappa shape index (κ3) is 1.93. The van der Waals surface area contributed by atoms with Crippen molar-refractivity contribution in [2.24, 2.45) is 7.05 Å². The Morgan fingerprint density at radius 3 is 2.89 bits per heavy atom. The number of nitrogens with two attached hydrogens (primary N) is 1. The summed E-state index contributed by atoms with van der Waals surface area (Å²) in [6.45, 7) is 2.63. The zero-order valence-electron chi connectivity index (χ0n) is 11.0. The molecule has 19 heavy (non-hydrogen) atoms. The summed E-state index contributed by atoms with van der Waals surface area (Å²) < 4.78 is 7.21. The number of ether oxygens (including phenoxy) is 1. The van der Waals surface area contributed by atoms with E-state index in [1.54, 1.807) is 4.68 Å². The van der Waals surface area contributed by atoms with Crippen LogP contribution in [-0.4, -0.2) is 21.4 Å².